The number of aryl methyl sites for hydroxylation is 1. The number of carbonyl (C=O) groups excluding carboxylic acids is 2. The van der Waals surface area contributed by atoms with Crippen molar-refractivity contribution in [1.82, 2.24) is 4.98 Å². The molecule has 0 unspecified atom stereocenters. The Labute approximate surface area is 209 Å². The van der Waals surface area contributed by atoms with E-state index in [0.29, 0.717) is 24.4 Å². The fourth-order valence-electron chi connectivity index (χ4n) is 4.62. The number of rotatable bonds is 3. The van der Waals surface area contributed by atoms with Crippen LogP contribution >= 0.6 is 0 Å². The van der Waals surface area contributed by atoms with Crippen molar-refractivity contribution in [2.75, 3.05) is 0 Å². The average molecular weight is 490 g/mol. The van der Waals surface area contributed by atoms with Crippen LogP contribution in [0.3, 0.4) is 0 Å². The number of aliphatic hydroxyl groups excluding tert-OH is 2. The van der Waals surface area contributed by atoms with Gasteiger partial charge in [-0.1, -0.05) is 39.3 Å². The number of carbonyl (C=O) groups is 2. The van der Waals surface area contributed by atoms with Crippen LogP contribution in [0.4, 0.5) is 0 Å². The van der Waals surface area contributed by atoms with Crippen LogP contribution in [0.1, 0.15) is 91.7 Å². The standard InChI is InChI=1S/C28H43NO6/c1-8-22-26(32)18(3)11-9-10-17(2)12-13-23(19(4)14-21-16-34-20(5)29-21)35-25(31)15-24(30)28(6,7)27(22)33/h12,14,16,18,22-24,26,30,32H,8-11,13,15H2,1-7H3/b17-12-,19-14?/t18-,22+,23-,24-,26-/m0/s1. The first-order valence-corrected chi connectivity index (χ1v) is 12.7. The van der Waals surface area contributed by atoms with Gasteiger partial charge in [-0.2, -0.15) is 0 Å². The zero-order chi connectivity index (χ0) is 26.3. The summed E-state index contributed by atoms with van der Waals surface area (Å²) >= 11 is 0. The molecule has 0 spiro atoms. The van der Waals surface area contributed by atoms with E-state index in [4.69, 9.17) is 9.15 Å². The monoisotopic (exact) mass is 489 g/mol. The summed E-state index contributed by atoms with van der Waals surface area (Å²) in [4.78, 5) is 30.6. The second-order valence-corrected chi connectivity index (χ2v) is 10.6. The van der Waals surface area contributed by atoms with E-state index in [1.165, 1.54) is 5.57 Å². The number of aromatic nitrogens is 1. The maximum absolute atomic E-state index is 13.4. The smallest absolute Gasteiger partial charge is 0.309 e. The van der Waals surface area contributed by atoms with Crippen LogP contribution in [-0.2, 0) is 14.3 Å². The highest BCUT2D eigenvalue weighted by Crippen LogP contribution is 2.34. The predicted octanol–water partition coefficient (Wildman–Crippen LogP) is 5.19. The summed E-state index contributed by atoms with van der Waals surface area (Å²) in [7, 11) is 0. The van der Waals surface area contributed by atoms with Crippen molar-refractivity contribution in [1.29, 1.82) is 0 Å². The van der Waals surface area contributed by atoms with E-state index in [1.807, 2.05) is 33.8 Å². The van der Waals surface area contributed by atoms with Crippen molar-refractivity contribution in [3.8, 4) is 0 Å². The number of Topliss-reactive ketones (excluding diaryl/α,β-unsaturated/α-hetero) is 1. The highest BCUT2D eigenvalue weighted by molar-refractivity contribution is 5.88. The maximum Gasteiger partial charge on any atom is 0.309 e. The van der Waals surface area contributed by atoms with Crippen molar-refractivity contribution < 1.29 is 29.0 Å². The third-order valence-electron chi connectivity index (χ3n) is 7.30. The lowest BCUT2D eigenvalue weighted by Gasteiger charge is -2.35. The Balaban J connectivity index is 2.35. The van der Waals surface area contributed by atoms with Crippen LogP contribution < -0.4 is 0 Å². The molecule has 2 N–H and O–H groups in total. The van der Waals surface area contributed by atoms with Crippen LogP contribution in [0, 0.1) is 24.2 Å². The molecule has 0 saturated heterocycles. The molecule has 1 aromatic rings. The molecule has 2 rings (SSSR count). The van der Waals surface area contributed by atoms with Gasteiger partial charge in [-0.05, 0) is 57.1 Å². The number of ether oxygens (including phenoxy) is 1. The van der Waals surface area contributed by atoms with Gasteiger partial charge >= 0.3 is 5.97 Å². The zero-order valence-corrected chi connectivity index (χ0v) is 22.3. The number of aliphatic hydroxyl groups is 2. The molecule has 0 saturated carbocycles. The van der Waals surface area contributed by atoms with Crippen LogP contribution in [-0.4, -0.2) is 45.3 Å². The molecule has 0 radical (unpaired) electrons. The van der Waals surface area contributed by atoms with Gasteiger partial charge in [-0.25, -0.2) is 4.98 Å². The van der Waals surface area contributed by atoms with Gasteiger partial charge in [0.2, 0.25) is 0 Å². The summed E-state index contributed by atoms with van der Waals surface area (Å²) in [5.41, 5.74) is 1.43. The Bertz CT molecular complexity index is 928. The Morgan fingerprint density at radius 2 is 1.94 bits per heavy atom. The molecule has 1 aromatic heterocycles. The second-order valence-electron chi connectivity index (χ2n) is 10.6. The molecule has 196 valence electrons. The summed E-state index contributed by atoms with van der Waals surface area (Å²) in [5, 5.41) is 21.9. The molecular weight excluding hydrogens is 446 g/mol. The molecule has 0 amide bonds. The number of ketones is 1. The average Bonchev–Trinajstić information content (AvgIpc) is 3.20. The number of esters is 1. The minimum Gasteiger partial charge on any atom is -0.457 e. The van der Waals surface area contributed by atoms with Crippen molar-refractivity contribution in [2.45, 2.75) is 105 Å². The second kappa shape index (κ2) is 12.6. The van der Waals surface area contributed by atoms with E-state index in [9.17, 15) is 19.8 Å². The summed E-state index contributed by atoms with van der Waals surface area (Å²) in [6.45, 7) is 12.8. The summed E-state index contributed by atoms with van der Waals surface area (Å²) in [5.74, 6) is -0.899. The summed E-state index contributed by atoms with van der Waals surface area (Å²) in [6, 6.07) is 0. The summed E-state index contributed by atoms with van der Waals surface area (Å²) in [6.07, 6.45) is 6.09. The Kier molecular flexibility index (Phi) is 10.5. The highest BCUT2D eigenvalue weighted by Gasteiger charge is 2.43. The third-order valence-corrected chi connectivity index (χ3v) is 7.30. The molecule has 1 aliphatic rings. The zero-order valence-electron chi connectivity index (χ0n) is 22.3. The van der Waals surface area contributed by atoms with Gasteiger partial charge in [0.05, 0.1) is 24.0 Å². The minimum absolute atomic E-state index is 0.0497. The van der Waals surface area contributed by atoms with Gasteiger partial charge in [0.25, 0.3) is 0 Å². The third kappa shape index (κ3) is 7.87. The number of allylic oxidation sites excluding steroid dienone is 1. The van der Waals surface area contributed by atoms with Crippen molar-refractivity contribution in [3.05, 3.63) is 35.1 Å². The normalized spacial score (nSPS) is 31.5. The van der Waals surface area contributed by atoms with E-state index >= 15 is 0 Å². The predicted molar refractivity (Wildman–Crippen MR) is 135 cm³/mol. The first-order valence-electron chi connectivity index (χ1n) is 12.7. The lowest BCUT2D eigenvalue weighted by molar-refractivity contribution is -0.154. The molecule has 1 aliphatic heterocycles. The fraction of sp³-hybridized carbons (Fsp3) is 0.679. The summed E-state index contributed by atoms with van der Waals surface area (Å²) < 4.78 is 11.1. The highest BCUT2D eigenvalue weighted by atomic mass is 16.5. The molecular formula is C28H43NO6. The number of hydrogen-bond donors (Lipinski definition) is 2. The van der Waals surface area contributed by atoms with Crippen molar-refractivity contribution >= 4 is 17.8 Å². The largest absolute Gasteiger partial charge is 0.457 e. The van der Waals surface area contributed by atoms with Crippen LogP contribution in [0.5, 0.6) is 0 Å². The number of hydrogen-bond acceptors (Lipinski definition) is 7. The molecule has 0 fully saturated rings. The first kappa shape index (κ1) is 29.0. The van der Waals surface area contributed by atoms with E-state index in [-0.39, 0.29) is 18.1 Å². The van der Waals surface area contributed by atoms with Gasteiger partial charge in [0.15, 0.2) is 5.89 Å². The number of nitrogens with zero attached hydrogens (tertiary/aromatic N) is 1. The van der Waals surface area contributed by atoms with Crippen LogP contribution in [0.2, 0.25) is 0 Å². The number of cyclic esters (lactones) is 1. The van der Waals surface area contributed by atoms with Gasteiger partial charge < -0.3 is 19.4 Å². The molecule has 0 bridgehead atoms. The van der Waals surface area contributed by atoms with E-state index in [1.54, 1.807) is 27.0 Å². The van der Waals surface area contributed by atoms with Gasteiger partial charge in [0, 0.05) is 19.3 Å². The number of oxazole rings is 1. The lowest BCUT2D eigenvalue weighted by Crippen LogP contribution is -2.46. The molecule has 35 heavy (non-hydrogen) atoms. The molecule has 7 heteroatoms. The molecule has 7 nitrogen and oxygen atoms in total. The van der Waals surface area contributed by atoms with Gasteiger partial charge in [-0.3, -0.25) is 9.59 Å². The van der Waals surface area contributed by atoms with Crippen molar-refractivity contribution in [2.24, 2.45) is 17.3 Å². The van der Waals surface area contributed by atoms with Gasteiger partial charge in [0.1, 0.15) is 23.8 Å². The Morgan fingerprint density at radius 1 is 1.26 bits per heavy atom. The quantitative estimate of drug-likeness (QED) is 0.444. The van der Waals surface area contributed by atoms with Crippen LogP contribution in [0.15, 0.2) is 27.9 Å². The molecule has 5 atom stereocenters. The SMILES string of the molecule is CC[C@H]1C(=O)C(C)(C)[C@@H](O)CC(=O)O[C@H](C(C)=Cc2coc(C)n2)C/C=C(/C)CCC[C@H](C)[C@@H]1O. The molecule has 2 heterocycles. The van der Waals surface area contributed by atoms with E-state index in [0.717, 1.165) is 24.8 Å². The van der Waals surface area contributed by atoms with Gasteiger partial charge in [-0.15, -0.1) is 0 Å². The van der Waals surface area contributed by atoms with E-state index in [2.05, 4.69) is 11.1 Å². The Hall–Kier alpha value is -2.25. The Morgan fingerprint density at radius 3 is 2.54 bits per heavy atom. The molecule has 0 aromatic carbocycles. The molecule has 0 aliphatic carbocycles. The van der Waals surface area contributed by atoms with Crippen LogP contribution in [0.25, 0.3) is 6.08 Å². The fourth-order valence-corrected chi connectivity index (χ4v) is 4.62. The lowest BCUT2D eigenvalue weighted by atomic mass is 9.71. The minimum atomic E-state index is -1.23. The first-order chi connectivity index (χ1) is 16.4. The maximum atomic E-state index is 13.4. The van der Waals surface area contributed by atoms with Crippen molar-refractivity contribution in [3.63, 3.8) is 0 Å². The topological polar surface area (TPSA) is 110 Å². The van der Waals surface area contributed by atoms with E-state index < -0.39 is 35.6 Å².